The fourth-order valence-electron chi connectivity index (χ4n) is 3.15. The van der Waals surface area contributed by atoms with E-state index >= 15 is 0 Å². The Hall–Kier alpha value is -2.23. The Labute approximate surface area is 184 Å². The summed E-state index contributed by atoms with van der Waals surface area (Å²) in [5.74, 6) is -1.89. The van der Waals surface area contributed by atoms with E-state index in [4.69, 9.17) is 10.2 Å². The van der Waals surface area contributed by atoms with Crippen LogP contribution in [0.2, 0.25) is 0 Å². The molecule has 0 aliphatic carbocycles. The highest BCUT2D eigenvalue weighted by atomic mass is 32.2. The highest BCUT2D eigenvalue weighted by molar-refractivity contribution is 7.93. The fraction of sp³-hybridized carbons (Fsp3) is 0.450. The molecule has 8 nitrogen and oxygen atoms in total. The van der Waals surface area contributed by atoms with Crippen LogP contribution in [0.4, 0.5) is 4.39 Å². The minimum absolute atomic E-state index is 0.0254. The van der Waals surface area contributed by atoms with Crippen LogP contribution in [0.1, 0.15) is 72.9 Å². The fourth-order valence-corrected chi connectivity index (χ4v) is 5.29. The van der Waals surface area contributed by atoms with Crippen molar-refractivity contribution in [3.05, 3.63) is 45.3 Å². The van der Waals surface area contributed by atoms with Gasteiger partial charge in [0.1, 0.15) is 27.2 Å². The molecule has 0 fully saturated rings. The maximum absolute atomic E-state index is 14.9. The van der Waals surface area contributed by atoms with Crippen LogP contribution in [0, 0.1) is 17.1 Å². The van der Waals surface area contributed by atoms with Gasteiger partial charge in [0.25, 0.3) is 5.91 Å². The summed E-state index contributed by atoms with van der Waals surface area (Å²) in [4.78, 5) is 16.5. The van der Waals surface area contributed by atoms with Crippen molar-refractivity contribution in [3.63, 3.8) is 0 Å². The second kappa shape index (κ2) is 9.93. The number of hydrogen-bond donors (Lipinski definition) is 3. The van der Waals surface area contributed by atoms with Gasteiger partial charge in [-0.25, -0.2) is 18.7 Å². The summed E-state index contributed by atoms with van der Waals surface area (Å²) in [5.41, 5.74) is 1.20. The Morgan fingerprint density at radius 1 is 1.39 bits per heavy atom. The van der Waals surface area contributed by atoms with Crippen LogP contribution in [0.15, 0.2) is 20.8 Å². The summed E-state index contributed by atoms with van der Waals surface area (Å²) in [5, 5.41) is 33.8. The van der Waals surface area contributed by atoms with Gasteiger partial charge in [0.05, 0.1) is 24.8 Å². The summed E-state index contributed by atoms with van der Waals surface area (Å²) >= 11 is 0.781. The number of nitrogens with two attached hydrogens (primary N) is 1. The molecule has 2 atom stereocenters. The van der Waals surface area contributed by atoms with Gasteiger partial charge in [0.2, 0.25) is 0 Å². The molecule has 1 aromatic heterocycles. The van der Waals surface area contributed by atoms with Crippen molar-refractivity contribution < 1.29 is 23.6 Å². The molecule has 2 aromatic rings. The number of carbonyl (C=O) groups excluding carboxylic acids is 1. The predicted octanol–water partition coefficient (Wildman–Crippen LogP) is 2.90. The largest absolute Gasteiger partial charge is 0.393 e. The van der Waals surface area contributed by atoms with Gasteiger partial charge in [-0.05, 0) is 34.6 Å². The Kier molecular flexibility index (Phi) is 8.02. The van der Waals surface area contributed by atoms with Gasteiger partial charge in [-0.1, -0.05) is 27.7 Å². The monoisotopic (exact) mass is 468 g/mol. The molecule has 2 rings (SSSR count). The van der Waals surface area contributed by atoms with E-state index in [1.807, 2.05) is 19.9 Å². The topological polar surface area (TPSA) is 150 Å². The first-order chi connectivity index (χ1) is 14.4. The Morgan fingerprint density at radius 3 is 2.55 bits per heavy atom. The quantitative estimate of drug-likeness (QED) is 0.569. The van der Waals surface area contributed by atoms with Gasteiger partial charge in [-0.2, -0.15) is 5.26 Å². The molecule has 0 saturated heterocycles. The van der Waals surface area contributed by atoms with Gasteiger partial charge in [0.15, 0.2) is 9.92 Å². The molecule has 0 aliphatic rings. The second-order valence-corrected chi connectivity index (χ2v) is 10.7. The van der Waals surface area contributed by atoms with Crippen LogP contribution in [-0.2, 0) is 21.1 Å². The Bertz CT molecular complexity index is 1140. The lowest BCUT2D eigenvalue weighted by atomic mass is 9.85. The van der Waals surface area contributed by atoms with Crippen molar-refractivity contribution in [2.24, 2.45) is 9.50 Å². The van der Waals surface area contributed by atoms with E-state index in [0.29, 0.717) is 11.1 Å². The van der Waals surface area contributed by atoms with E-state index in [0.717, 1.165) is 17.5 Å². The van der Waals surface area contributed by atoms with Gasteiger partial charge < -0.3 is 10.2 Å². The van der Waals surface area contributed by atoms with Gasteiger partial charge in [-0.3, -0.25) is 4.79 Å². The van der Waals surface area contributed by atoms with Gasteiger partial charge in [0, 0.05) is 0 Å². The van der Waals surface area contributed by atoms with E-state index in [1.54, 1.807) is 13.8 Å². The molecule has 168 valence electrons. The zero-order valence-corrected chi connectivity index (χ0v) is 19.3. The molecule has 2 unspecified atom stereocenters. The second-order valence-electron chi connectivity index (χ2n) is 7.59. The summed E-state index contributed by atoms with van der Waals surface area (Å²) in [6.07, 6.45) is -0.449. The van der Waals surface area contributed by atoms with Crippen molar-refractivity contribution in [1.29, 1.82) is 5.26 Å². The third kappa shape index (κ3) is 5.53. The lowest BCUT2D eigenvalue weighted by molar-refractivity contribution is -0.117. The van der Waals surface area contributed by atoms with Crippen molar-refractivity contribution in [2.45, 2.75) is 56.3 Å². The van der Waals surface area contributed by atoms with Crippen LogP contribution in [0.3, 0.4) is 0 Å². The van der Waals surface area contributed by atoms with Crippen LogP contribution in [-0.4, -0.2) is 31.9 Å². The van der Waals surface area contributed by atoms with E-state index in [1.165, 1.54) is 6.07 Å². The van der Waals surface area contributed by atoms with Gasteiger partial charge >= 0.3 is 0 Å². The average Bonchev–Trinajstić information content (AvgIpc) is 3.17. The first kappa shape index (κ1) is 25.0. The molecule has 0 saturated carbocycles. The summed E-state index contributed by atoms with van der Waals surface area (Å²) in [6.45, 7) is 6.66. The molecule has 0 radical (unpaired) electrons. The molecular weight excluding hydrogens is 443 g/mol. The minimum atomic E-state index is -3.65. The molecule has 0 bridgehead atoms. The number of nitriles is 1. The molecule has 1 amide bonds. The van der Waals surface area contributed by atoms with Crippen molar-refractivity contribution in [3.8, 4) is 6.07 Å². The smallest absolute Gasteiger partial charge is 0.259 e. The predicted molar refractivity (Wildman–Crippen MR) is 115 cm³/mol. The van der Waals surface area contributed by atoms with Crippen LogP contribution in [0.5, 0.6) is 0 Å². The molecule has 4 N–H and O–H groups in total. The summed E-state index contributed by atoms with van der Waals surface area (Å²) in [7, 11) is -3.65. The first-order valence-corrected chi connectivity index (χ1v) is 11.9. The molecular formula is C20H25FN4O4S2. The number of nitrogens with zero attached hydrogens (tertiary/aromatic N) is 3. The van der Waals surface area contributed by atoms with Crippen molar-refractivity contribution >= 4 is 27.2 Å². The molecule has 1 heterocycles. The van der Waals surface area contributed by atoms with Crippen LogP contribution in [0.25, 0.3) is 0 Å². The number of aliphatic hydroxyl groups excluding tert-OH is 2. The molecule has 0 aliphatic heterocycles. The zero-order valence-electron chi connectivity index (χ0n) is 17.6. The highest BCUT2D eigenvalue weighted by Crippen LogP contribution is 2.33. The number of aromatic nitrogens is 1. The van der Waals surface area contributed by atoms with Crippen molar-refractivity contribution in [2.75, 3.05) is 6.61 Å². The number of rotatable bonds is 7. The number of carbonyl (C=O) groups is 1. The van der Waals surface area contributed by atoms with Crippen molar-refractivity contribution in [1.82, 2.24) is 4.98 Å². The average molecular weight is 469 g/mol. The van der Waals surface area contributed by atoms with Crippen LogP contribution < -0.4 is 5.14 Å². The zero-order chi connectivity index (χ0) is 23.5. The Morgan fingerprint density at radius 2 is 2.03 bits per heavy atom. The number of hydrogen-bond acceptors (Lipinski definition) is 7. The maximum Gasteiger partial charge on any atom is 0.259 e. The lowest BCUT2D eigenvalue weighted by Crippen LogP contribution is -2.17. The first-order valence-electron chi connectivity index (χ1n) is 9.50. The molecule has 11 heteroatoms. The third-order valence-electron chi connectivity index (χ3n) is 4.58. The lowest BCUT2D eigenvalue weighted by Gasteiger charge is -2.20. The number of aliphatic hydroxyl groups is 2. The minimum Gasteiger partial charge on any atom is -0.393 e. The maximum atomic E-state index is 14.9. The van der Waals surface area contributed by atoms with E-state index in [-0.39, 0.29) is 38.6 Å². The number of thiazole rings is 1. The molecule has 31 heavy (non-hydrogen) atoms. The van der Waals surface area contributed by atoms with E-state index < -0.39 is 34.4 Å². The third-order valence-corrected chi connectivity index (χ3v) is 7.60. The molecule has 1 aromatic carbocycles. The SMILES string of the molecule is CC(C)c1cc(C#N)c(F)c(C(C)C)c1CC(=O)N=S(N)(=O)c1cnc(C(O)CO)s1. The highest BCUT2D eigenvalue weighted by Gasteiger charge is 2.24. The number of halogens is 1. The van der Waals surface area contributed by atoms with Gasteiger partial charge in [-0.15, -0.1) is 15.7 Å². The van der Waals surface area contributed by atoms with Crippen LogP contribution >= 0.6 is 11.3 Å². The summed E-state index contributed by atoms with van der Waals surface area (Å²) in [6, 6.07) is 3.28. The number of amides is 1. The number of benzene rings is 1. The van der Waals surface area contributed by atoms with E-state index in [2.05, 4.69) is 9.35 Å². The van der Waals surface area contributed by atoms with E-state index in [9.17, 15) is 23.8 Å². The summed E-state index contributed by atoms with van der Waals surface area (Å²) < 4.78 is 31.3. The normalized spacial score (nSPS) is 14.4. The molecule has 0 spiro atoms. The standard InChI is InChI=1S/C20H25FN4O4S2/c1-10(2)13-5-12(7-22)19(21)18(11(3)4)14(13)6-16(28)25-31(23,29)17-8-24-20(30-17)15(27)9-26/h5,8,10-11,15,26-27H,6,9H2,1-4H3,(H2,23,25,28,29). The Balaban J connectivity index is 2.52.